The Morgan fingerprint density at radius 1 is 1.22 bits per heavy atom. The van der Waals surface area contributed by atoms with Gasteiger partial charge in [0.15, 0.2) is 0 Å². The number of carbonyl (C=O) groups is 2. The van der Waals surface area contributed by atoms with E-state index in [4.69, 9.17) is 5.73 Å². The monoisotopic (exact) mass is 400 g/mol. The number of hydrogen-bond donors (Lipinski definition) is 3. The molecule has 1 heterocycles. The lowest BCUT2D eigenvalue weighted by Gasteiger charge is -2.09. The molecule has 0 bridgehead atoms. The molecule has 0 saturated carbocycles. The van der Waals surface area contributed by atoms with Gasteiger partial charge in [-0.05, 0) is 46.3 Å². The van der Waals surface area contributed by atoms with Crippen LogP contribution in [0.5, 0.6) is 0 Å². The number of benzene rings is 1. The average molecular weight is 401 g/mol. The fourth-order valence-corrected chi connectivity index (χ4v) is 3.15. The zero-order valence-electron chi connectivity index (χ0n) is 11.9. The van der Waals surface area contributed by atoms with Crippen LogP contribution in [0.25, 0.3) is 0 Å². The van der Waals surface area contributed by atoms with Crippen LogP contribution < -0.4 is 16.0 Å². The third kappa shape index (κ3) is 3.97. The number of hydrogen-bond acceptors (Lipinski definition) is 4. The molecule has 2 amide bonds. The van der Waals surface area contributed by atoms with Crippen LogP contribution in [0, 0.1) is 0 Å². The number of amides is 2. The van der Waals surface area contributed by atoms with Gasteiger partial charge in [-0.15, -0.1) is 4.83 Å². The van der Waals surface area contributed by atoms with Gasteiger partial charge in [0.1, 0.15) is 5.69 Å². The number of hydrazine groups is 1. The Labute approximate surface area is 140 Å². The van der Waals surface area contributed by atoms with Crippen LogP contribution >= 0.6 is 15.9 Å². The number of nitrogens with two attached hydrogens (primary N) is 1. The Hall–Kier alpha value is -2.17. The molecule has 0 spiro atoms. The quantitative estimate of drug-likeness (QED) is 0.632. The molecule has 2 aromatic rings. The van der Waals surface area contributed by atoms with Gasteiger partial charge in [0, 0.05) is 23.3 Å². The molecular formula is C13H13BrN4O4S. The van der Waals surface area contributed by atoms with Gasteiger partial charge in [-0.25, -0.2) is 8.42 Å². The van der Waals surface area contributed by atoms with E-state index in [1.165, 1.54) is 28.8 Å². The number of rotatable bonds is 5. The number of halogens is 1. The second-order valence-corrected chi connectivity index (χ2v) is 7.20. The van der Waals surface area contributed by atoms with Gasteiger partial charge >= 0.3 is 0 Å². The second kappa shape index (κ2) is 6.52. The van der Waals surface area contributed by atoms with E-state index in [-0.39, 0.29) is 16.2 Å². The Bertz CT molecular complexity index is 859. The Kier molecular flexibility index (Phi) is 4.88. The van der Waals surface area contributed by atoms with Crippen LogP contribution in [-0.2, 0) is 17.1 Å². The highest BCUT2D eigenvalue weighted by molar-refractivity contribution is 9.10. The molecule has 0 aliphatic heterocycles. The summed E-state index contributed by atoms with van der Waals surface area (Å²) >= 11 is 3.22. The number of primary amides is 1. The largest absolute Gasteiger partial charge is 0.366 e. The zero-order chi connectivity index (χ0) is 17.2. The van der Waals surface area contributed by atoms with Crippen molar-refractivity contribution in [2.75, 3.05) is 0 Å². The van der Waals surface area contributed by atoms with Crippen molar-refractivity contribution in [2.45, 2.75) is 4.90 Å². The number of aryl methyl sites for hydroxylation is 1. The minimum atomic E-state index is -3.97. The van der Waals surface area contributed by atoms with Crippen LogP contribution in [-0.4, -0.2) is 24.8 Å². The molecule has 0 aliphatic rings. The maximum absolute atomic E-state index is 12.1. The lowest BCUT2D eigenvalue weighted by molar-refractivity contribution is 0.0936. The van der Waals surface area contributed by atoms with Crippen molar-refractivity contribution in [2.24, 2.45) is 12.8 Å². The van der Waals surface area contributed by atoms with Gasteiger partial charge in [0.05, 0.1) is 4.90 Å². The predicted molar refractivity (Wildman–Crippen MR) is 85.9 cm³/mol. The van der Waals surface area contributed by atoms with Gasteiger partial charge in [-0.1, -0.05) is 0 Å². The standard InChI is InChI=1S/C13H13BrN4O4S/c1-18-7-9(14)6-11(18)13(20)16-17-23(21,22)10-4-2-8(3-5-10)12(15)19/h2-7,17H,1H3,(H2,15,19)(H,16,20). The van der Waals surface area contributed by atoms with E-state index in [9.17, 15) is 18.0 Å². The van der Waals surface area contributed by atoms with Gasteiger partial charge in [0.2, 0.25) is 5.91 Å². The molecule has 8 nitrogen and oxygen atoms in total. The van der Waals surface area contributed by atoms with Crippen LogP contribution in [0.1, 0.15) is 20.8 Å². The van der Waals surface area contributed by atoms with Crippen molar-refractivity contribution in [3.63, 3.8) is 0 Å². The Balaban J connectivity index is 2.11. The average Bonchev–Trinajstić information content (AvgIpc) is 2.83. The summed E-state index contributed by atoms with van der Waals surface area (Å²) in [6.07, 6.45) is 1.66. The molecule has 0 saturated heterocycles. The Morgan fingerprint density at radius 3 is 2.30 bits per heavy atom. The molecule has 10 heteroatoms. The first-order chi connectivity index (χ1) is 10.7. The molecule has 0 unspecified atom stereocenters. The zero-order valence-corrected chi connectivity index (χ0v) is 14.3. The highest BCUT2D eigenvalue weighted by atomic mass is 79.9. The van der Waals surface area contributed by atoms with Gasteiger partial charge in [0.25, 0.3) is 15.9 Å². The fourth-order valence-electron chi connectivity index (χ4n) is 1.78. The first-order valence-corrected chi connectivity index (χ1v) is 8.52. The fraction of sp³-hybridized carbons (Fsp3) is 0.0769. The molecule has 1 aromatic carbocycles. The minimum absolute atomic E-state index is 0.115. The van der Waals surface area contributed by atoms with E-state index in [0.29, 0.717) is 4.47 Å². The lowest BCUT2D eigenvalue weighted by Crippen LogP contribution is -2.42. The number of nitrogens with one attached hydrogen (secondary N) is 2. The number of aromatic nitrogens is 1. The summed E-state index contributed by atoms with van der Waals surface area (Å²) in [7, 11) is -2.32. The molecule has 0 aliphatic carbocycles. The number of nitrogens with zero attached hydrogens (tertiary/aromatic N) is 1. The summed E-state index contributed by atoms with van der Waals surface area (Å²) in [5.74, 6) is -1.28. The molecule has 4 N–H and O–H groups in total. The molecule has 2 rings (SSSR count). The van der Waals surface area contributed by atoms with Crippen molar-refractivity contribution >= 4 is 37.8 Å². The summed E-state index contributed by atoms with van der Waals surface area (Å²) in [5.41, 5.74) is 7.65. The highest BCUT2D eigenvalue weighted by Crippen LogP contribution is 2.13. The molecule has 23 heavy (non-hydrogen) atoms. The minimum Gasteiger partial charge on any atom is -0.366 e. The molecule has 0 atom stereocenters. The van der Waals surface area contributed by atoms with E-state index in [1.807, 2.05) is 4.83 Å². The van der Waals surface area contributed by atoms with Crippen LogP contribution in [0.2, 0.25) is 0 Å². The summed E-state index contributed by atoms with van der Waals surface area (Å²) in [4.78, 5) is 24.8. The Morgan fingerprint density at radius 2 is 1.83 bits per heavy atom. The third-order valence-corrected chi connectivity index (χ3v) is 4.65. The predicted octanol–water partition coefficient (Wildman–Crippen LogP) is 0.510. The van der Waals surface area contributed by atoms with Crippen molar-refractivity contribution in [3.8, 4) is 0 Å². The van der Waals surface area contributed by atoms with Crippen molar-refractivity contribution in [1.82, 2.24) is 14.8 Å². The molecular weight excluding hydrogens is 388 g/mol. The summed E-state index contributed by atoms with van der Waals surface area (Å²) in [6, 6.07) is 6.55. The van der Waals surface area contributed by atoms with E-state index >= 15 is 0 Å². The molecule has 0 fully saturated rings. The van der Waals surface area contributed by atoms with Crippen LogP contribution in [0.15, 0.2) is 45.9 Å². The first-order valence-electron chi connectivity index (χ1n) is 6.24. The summed E-state index contributed by atoms with van der Waals surface area (Å²) < 4.78 is 26.4. The van der Waals surface area contributed by atoms with Gasteiger partial charge in [-0.3, -0.25) is 15.0 Å². The van der Waals surface area contributed by atoms with Crippen LogP contribution in [0.3, 0.4) is 0 Å². The highest BCUT2D eigenvalue weighted by Gasteiger charge is 2.17. The number of sulfonamides is 1. The SMILES string of the molecule is Cn1cc(Br)cc1C(=O)NNS(=O)(=O)c1ccc(C(N)=O)cc1. The van der Waals surface area contributed by atoms with E-state index in [2.05, 4.69) is 21.4 Å². The van der Waals surface area contributed by atoms with Crippen LogP contribution in [0.4, 0.5) is 0 Å². The van der Waals surface area contributed by atoms with E-state index in [0.717, 1.165) is 0 Å². The maximum Gasteiger partial charge on any atom is 0.282 e. The lowest BCUT2D eigenvalue weighted by atomic mass is 10.2. The summed E-state index contributed by atoms with van der Waals surface area (Å²) in [6.45, 7) is 0. The van der Waals surface area contributed by atoms with E-state index < -0.39 is 21.8 Å². The normalized spacial score (nSPS) is 11.2. The molecule has 1 aromatic heterocycles. The van der Waals surface area contributed by atoms with E-state index in [1.54, 1.807) is 19.3 Å². The van der Waals surface area contributed by atoms with Gasteiger partial charge < -0.3 is 10.3 Å². The first kappa shape index (κ1) is 17.2. The van der Waals surface area contributed by atoms with Crippen molar-refractivity contribution in [1.29, 1.82) is 0 Å². The maximum atomic E-state index is 12.1. The molecule has 122 valence electrons. The van der Waals surface area contributed by atoms with Gasteiger partial charge in [-0.2, -0.15) is 0 Å². The van der Waals surface area contributed by atoms with Crippen molar-refractivity contribution in [3.05, 3.63) is 52.3 Å². The smallest absolute Gasteiger partial charge is 0.282 e. The summed E-state index contributed by atoms with van der Waals surface area (Å²) in [5, 5.41) is 0. The molecule has 0 radical (unpaired) electrons. The number of carbonyl (C=O) groups excluding carboxylic acids is 2. The van der Waals surface area contributed by atoms with Crippen molar-refractivity contribution < 1.29 is 18.0 Å². The third-order valence-electron chi connectivity index (χ3n) is 2.95. The second-order valence-electron chi connectivity index (χ2n) is 4.60. The topological polar surface area (TPSA) is 123 Å².